The second-order valence-electron chi connectivity index (χ2n) is 6.49. The Kier molecular flexibility index (Phi) is 6.01. The standard InChI is InChI=1S/C19H24N4O3/c1-22-11-9-15(10-12-22)20-19(25)17-7-8-18(24)23(21-17)13-14-26-16-5-3-2-4-6-16/h2-8,15H,9-14H2,1H3,(H,20,25). The van der Waals surface area contributed by atoms with Crippen molar-refractivity contribution in [2.24, 2.45) is 0 Å². The van der Waals surface area contributed by atoms with Gasteiger partial charge >= 0.3 is 0 Å². The topological polar surface area (TPSA) is 76.5 Å². The Morgan fingerprint density at radius 2 is 1.92 bits per heavy atom. The first-order valence-electron chi connectivity index (χ1n) is 8.87. The number of nitrogens with zero attached hydrogens (tertiary/aromatic N) is 3. The van der Waals surface area contributed by atoms with Crippen LogP contribution in [0, 0.1) is 0 Å². The molecule has 26 heavy (non-hydrogen) atoms. The van der Waals surface area contributed by atoms with E-state index in [0.29, 0.717) is 6.61 Å². The SMILES string of the molecule is CN1CCC(NC(=O)c2ccc(=O)n(CCOc3ccccc3)n2)CC1. The number of aromatic nitrogens is 2. The van der Waals surface area contributed by atoms with Gasteiger partial charge in [-0.15, -0.1) is 0 Å². The summed E-state index contributed by atoms with van der Waals surface area (Å²) >= 11 is 0. The van der Waals surface area contributed by atoms with Crippen molar-refractivity contribution in [3.8, 4) is 5.75 Å². The zero-order valence-corrected chi connectivity index (χ0v) is 14.9. The average Bonchev–Trinajstić information content (AvgIpc) is 2.66. The third-order valence-corrected chi connectivity index (χ3v) is 4.47. The number of likely N-dealkylation sites (tertiary alicyclic amines) is 1. The number of hydrogen-bond donors (Lipinski definition) is 1. The van der Waals surface area contributed by atoms with Crippen molar-refractivity contribution in [1.82, 2.24) is 20.0 Å². The summed E-state index contributed by atoms with van der Waals surface area (Å²) < 4.78 is 6.86. The van der Waals surface area contributed by atoms with Gasteiger partial charge in [0.2, 0.25) is 0 Å². The molecule has 3 rings (SSSR count). The predicted molar refractivity (Wildman–Crippen MR) is 98.4 cm³/mol. The zero-order valence-electron chi connectivity index (χ0n) is 14.9. The zero-order chi connectivity index (χ0) is 18.4. The van der Waals surface area contributed by atoms with E-state index in [9.17, 15) is 9.59 Å². The second kappa shape index (κ2) is 8.62. The Balaban J connectivity index is 1.58. The molecule has 0 bridgehead atoms. The van der Waals surface area contributed by atoms with Gasteiger partial charge in [0.05, 0.1) is 6.54 Å². The molecule has 1 aromatic carbocycles. The number of carbonyl (C=O) groups excluding carboxylic acids is 1. The molecular formula is C19H24N4O3. The Bertz CT molecular complexity index is 783. The summed E-state index contributed by atoms with van der Waals surface area (Å²) in [6, 6.07) is 12.4. The first kappa shape index (κ1) is 18.1. The molecule has 0 aliphatic carbocycles. The summed E-state index contributed by atoms with van der Waals surface area (Å²) in [6.07, 6.45) is 1.85. The molecule has 7 heteroatoms. The Morgan fingerprint density at radius 1 is 1.19 bits per heavy atom. The van der Waals surface area contributed by atoms with Gasteiger partial charge in [-0.05, 0) is 51.2 Å². The van der Waals surface area contributed by atoms with Crippen molar-refractivity contribution in [2.75, 3.05) is 26.7 Å². The molecule has 1 N–H and O–H groups in total. The molecule has 0 unspecified atom stereocenters. The Labute approximate surface area is 152 Å². The van der Waals surface area contributed by atoms with Crippen LogP contribution in [-0.2, 0) is 6.54 Å². The van der Waals surface area contributed by atoms with Crippen molar-refractivity contribution in [1.29, 1.82) is 0 Å². The van der Waals surface area contributed by atoms with E-state index in [1.165, 1.54) is 16.8 Å². The molecule has 0 saturated carbocycles. The Hall–Kier alpha value is -2.67. The van der Waals surface area contributed by atoms with Gasteiger partial charge in [-0.1, -0.05) is 18.2 Å². The van der Waals surface area contributed by atoms with E-state index in [0.717, 1.165) is 31.7 Å². The fourth-order valence-electron chi connectivity index (χ4n) is 2.91. The number of nitrogens with one attached hydrogen (secondary N) is 1. The van der Waals surface area contributed by atoms with Crippen molar-refractivity contribution in [3.05, 3.63) is 58.5 Å². The van der Waals surface area contributed by atoms with Crippen molar-refractivity contribution in [2.45, 2.75) is 25.4 Å². The van der Waals surface area contributed by atoms with Crippen LogP contribution in [0.4, 0.5) is 0 Å². The summed E-state index contributed by atoms with van der Waals surface area (Å²) in [4.78, 5) is 26.6. The van der Waals surface area contributed by atoms with Crippen LogP contribution in [0.15, 0.2) is 47.3 Å². The first-order chi connectivity index (χ1) is 12.6. The average molecular weight is 356 g/mol. The quantitative estimate of drug-likeness (QED) is 0.840. The number of rotatable bonds is 6. The minimum absolute atomic E-state index is 0.155. The molecule has 7 nitrogen and oxygen atoms in total. The maximum absolute atomic E-state index is 12.4. The molecular weight excluding hydrogens is 332 g/mol. The van der Waals surface area contributed by atoms with Gasteiger partial charge in [-0.2, -0.15) is 5.10 Å². The summed E-state index contributed by atoms with van der Waals surface area (Å²) in [5.41, 5.74) is 0.000687. The van der Waals surface area contributed by atoms with E-state index in [2.05, 4.69) is 22.4 Å². The predicted octanol–water partition coefficient (Wildman–Crippen LogP) is 1.15. The smallest absolute Gasteiger partial charge is 0.271 e. The largest absolute Gasteiger partial charge is 0.492 e. The number of para-hydroxylation sites is 1. The maximum Gasteiger partial charge on any atom is 0.271 e. The van der Waals surface area contributed by atoms with Gasteiger partial charge in [0, 0.05) is 12.1 Å². The van der Waals surface area contributed by atoms with E-state index >= 15 is 0 Å². The number of hydrogen-bond acceptors (Lipinski definition) is 5. The molecule has 0 atom stereocenters. The van der Waals surface area contributed by atoms with Gasteiger partial charge in [0.15, 0.2) is 0 Å². The molecule has 1 amide bonds. The number of ether oxygens (including phenoxy) is 1. The summed E-state index contributed by atoms with van der Waals surface area (Å²) in [5, 5.41) is 7.20. The first-order valence-corrected chi connectivity index (χ1v) is 8.87. The maximum atomic E-state index is 12.4. The van der Waals surface area contributed by atoms with E-state index < -0.39 is 0 Å². The van der Waals surface area contributed by atoms with Gasteiger partial charge in [-0.25, -0.2) is 4.68 Å². The molecule has 1 saturated heterocycles. The van der Waals surface area contributed by atoms with E-state index in [1.54, 1.807) is 0 Å². The van der Waals surface area contributed by atoms with E-state index in [1.807, 2.05) is 30.3 Å². The minimum Gasteiger partial charge on any atom is -0.492 e. The lowest BCUT2D eigenvalue weighted by atomic mass is 10.1. The van der Waals surface area contributed by atoms with Crippen LogP contribution in [-0.4, -0.2) is 53.4 Å². The molecule has 2 aromatic rings. The van der Waals surface area contributed by atoms with E-state index in [-0.39, 0.29) is 29.7 Å². The lowest BCUT2D eigenvalue weighted by Gasteiger charge is -2.29. The fraction of sp³-hybridized carbons (Fsp3) is 0.421. The molecule has 2 heterocycles. The number of piperidine rings is 1. The van der Waals surface area contributed by atoms with Crippen LogP contribution in [0.25, 0.3) is 0 Å². The van der Waals surface area contributed by atoms with Crippen LogP contribution in [0.1, 0.15) is 23.3 Å². The molecule has 1 aromatic heterocycles. The van der Waals surface area contributed by atoms with Crippen molar-refractivity contribution >= 4 is 5.91 Å². The summed E-state index contributed by atoms with van der Waals surface area (Å²) in [5.74, 6) is 0.494. The molecule has 1 fully saturated rings. The molecule has 138 valence electrons. The van der Waals surface area contributed by atoms with Crippen LogP contribution in [0.2, 0.25) is 0 Å². The van der Waals surface area contributed by atoms with Crippen LogP contribution in [0.3, 0.4) is 0 Å². The van der Waals surface area contributed by atoms with Crippen molar-refractivity contribution < 1.29 is 9.53 Å². The highest BCUT2D eigenvalue weighted by Crippen LogP contribution is 2.09. The third-order valence-electron chi connectivity index (χ3n) is 4.47. The summed E-state index contributed by atoms with van der Waals surface area (Å²) in [7, 11) is 2.08. The van der Waals surface area contributed by atoms with Gasteiger partial charge in [0.25, 0.3) is 11.5 Å². The van der Waals surface area contributed by atoms with Crippen LogP contribution < -0.4 is 15.6 Å². The summed E-state index contributed by atoms with van der Waals surface area (Å²) in [6.45, 7) is 2.52. The molecule has 0 radical (unpaired) electrons. The number of amides is 1. The highest BCUT2D eigenvalue weighted by molar-refractivity contribution is 5.92. The fourth-order valence-corrected chi connectivity index (χ4v) is 2.91. The van der Waals surface area contributed by atoms with Gasteiger partial charge < -0.3 is 15.0 Å². The number of benzene rings is 1. The number of carbonyl (C=O) groups is 1. The normalized spacial score (nSPS) is 15.6. The Morgan fingerprint density at radius 3 is 2.65 bits per heavy atom. The lowest BCUT2D eigenvalue weighted by Crippen LogP contribution is -2.44. The van der Waals surface area contributed by atoms with Gasteiger partial charge in [0.1, 0.15) is 18.1 Å². The molecule has 0 spiro atoms. The molecule has 1 aliphatic heterocycles. The third kappa shape index (κ3) is 4.92. The highest BCUT2D eigenvalue weighted by Gasteiger charge is 2.20. The minimum atomic E-state index is -0.252. The highest BCUT2D eigenvalue weighted by atomic mass is 16.5. The van der Waals surface area contributed by atoms with E-state index in [4.69, 9.17) is 4.74 Å². The monoisotopic (exact) mass is 356 g/mol. The molecule has 1 aliphatic rings. The second-order valence-corrected chi connectivity index (χ2v) is 6.49. The van der Waals surface area contributed by atoms with Crippen LogP contribution in [0.5, 0.6) is 5.75 Å². The lowest BCUT2D eigenvalue weighted by molar-refractivity contribution is 0.0908. The van der Waals surface area contributed by atoms with Gasteiger partial charge in [-0.3, -0.25) is 9.59 Å². The van der Waals surface area contributed by atoms with Crippen molar-refractivity contribution in [3.63, 3.8) is 0 Å². The van der Waals surface area contributed by atoms with Crippen LogP contribution >= 0.6 is 0 Å².